The van der Waals surface area contributed by atoms with Crippen molar-refractivity contribution in [3.63, 3.8) is 0 Å². The van der Waals surface area contributed by atoms with E-state index in [0.717, 1.165) is 18.5 Å². The summed E-state index contributed by atoms with van der Waals surface area (Å²) in [7, 11) is 0. The van der Waals surface area contributed by atoms with Gasteiger partial charge in [-0.25, -0.2) is 0 Å². The van der Waals surface area contributed by atoms with Gasteiger partial charge < -0.3 is 4.42 Å². The Morgan fingerprint density at radius 1 is 1.30 bits per heavy atom. The maximum atomic E-state index is 12.9. The Morgan fingerprint density at radius 2 is 2.00 bits per heavy atom. The van der Waals surface area contributed by atoms with Crippen LogP contribution in [0.1, 0.15) is 23.9 Å². The molecule has 0 spiro atoms. The molecule has 1 aromatic carbocycles. The molecule has 0 saturated heterocycles. The van der Waals surface area contributed by atoms with Gasteiger partial charge in [-0.05, 0) is 24.6 Å². The number of hydrogen-bond donors (Lipinski definition) is 0. The molecule has 0 saturated carbocycles. The molecule has 0 amide bonds. The first kappa shape index (κ1) is 14.0. The standard InChI is InChI=1S/C13H9F3N2O2/c1-8(19)10(12-18-17-7-20-12)6-9-4-2-3-5-11(9)13(14,15)16/h2-7H,1H3. The molecule has 0 N–H and O–H groups in total. The van der Waals surface area contributed by atoms with Gasteiger partial charge in [0.25, 0.3) is 5.89 Å². The van der Waals surface area contributed by atoms with Crippen LogP contribution in [0.4, 0.5) is 13.2 Å². The second-order valence-electron chi connectivity index (χ2n) is 3.94. The first-order chi connectivity index (χ1) is 9.39. The van der Waals surface area contributed by atoms with E-state index in [1.165, 1.54) is 25.1 Å². The van der Waals surface area contributed by atoms with E-state index in [2.05, 4.69) is 10.2 Å². The Bertz CT molecular complexity index is 646. The molecule has 2 rings (SSSR count). The lowest BCUT2D eigenvalue weighted by atomic mass is 10.0. The maximum absolute atomic E-state index is 12.9. The molecule has 0 fully saturated rings. The third-order valence-electron chi connectivity index (χ3n) is 2.54. The number of carbonyl (C=O) groups is 1. The van der Waals surface area contributed by atoms with E-state index in [1.54, 1.807) is 0 Å². The van der Waals surface area contributed by atoms with Crippen LogP contribution in [0.3, 0.4) is 0 Å². The third-order valence-corrected chi connectivity index (χ3v) is 2.54. The summed E-state index contributed by atoms with van der Waals surface area (Å²) in [5.41, 5.74) is -1.04. The molecule has 104 valence electrons. The zero-order valence-electron chi connectivity index (χ0n) is 10.3. The maximum Gasteiger partial charge on any atom is 0.416 e. The van der Waals surface area contributed by atoms with Gasteiger partial charge in [0.05, 0.1) is 11.1 Å². The van der Waals surface area contributed by atoms with Crippen LogP contribution in [-0.4, -0.2) is 16.0 Å². The van der Waals surface area contributed by atoms with Crippen LogP contribution in [0.2, 0.25) is 0 Å². The number of benzene rings is 1. The van der Waals surface area contributed by atoms with E-state index < -0.39 is 17.5 Å². The highest BCUT2D eigenvalue weighted by atomic mass is 19.4. The number of aromatic nitrogens is 2. The molecule has 0 radical (unpaired) electrons. The summed E-state index contributed by atoms with van der Waals surface area (Å²) >= 11 is 0. The van der Waals surface area contributed by atoms with E-state index in [0.29, 0.717) is 0 Å². The summed E-state index contributed by atoms with van der Waals surface area (Å²) in [6.45, 7) is 1.21. The van der Waals surface area contributed by atoms with Gasteiger partial charge in [-0.1, -0.05) is 18.2 Å². The smallest absolute Gasteiger partial charge is 0.416 e. The predicted octanol–water partition coefficient (Wildman–Crippen LogP) is 3.22. The van der Waals surface area contributed by atoms with Crippen LogP contribution in [0.15, 0.2) is 35.1 Å². The highest BCUT2D eigenvalue weighted by Gasteiger charge is 2.32. The fourth-order valence-corrected chi connectivity index (χ4v) is 1.64. The zero-order valence-corrected chi connectivity index (χ0v) is 10.3. The van der Waals surface area contributed by atoms with Crippen molar-refractivity contribution in [1.29, 1.82) is 0 Å². The lowest BCUT2D eigenvalue weighted by molar-refractivity contribution is -0.137. The van der Waals surface area contributed by atoms with Crippen LogP contribution in [0, 0.1) is 0 Å². The third kappa shape index (κ3) is 2.93. The van der Waals surface area contributed by atoms with Crippen molar-refractivity contribution in [3.05, 3.63) is 47.7 Å². The number of allylic oxidation sites excluding steroid dienone is 1. The van der Waals surface area contributed by atoms with Crippen LogP contribution in [-0.2, 0) is 11.0 Å². The topological polar surface area (TPSA) is 56.0 Å². The van der Waals surface area contributed by atoms with Gasteiger partial charge in [-0.15, -0.1) is 10.2 Å². The highest BCUT2D eigenvalue weighted by Crippen LogP contribution is 2.33. The van der Waals surface area contributed by atoms with Gasteiger partial charge in [0.15, 0.2) is 5.78 Å². The van der Waals surface area contributed by atoms with Crippen LogP contribution in [0.5, 0.6) is 0 Å². The second kappa shape index (κ2) is 5.28. The predicted molar refractivity (Wildman–Crippen MR) is 64.3 cm³/mol. The van der Waals surface area contributed by atoms with Crippen LogP contribution >= 0.6 is 0 Å². The number of Topliss-reactive ketones (excluding diaryl/α,β-unsaturated/α-hetero) is 1. The van der Waals surface area contributed by atoms with Gasteiger partial charge in [0.2, 0.25) is 6.39 Å². The molecule has 0 unspecified atom stereocenters. The lowest BCUT2D eigenvalue weighted by Gasteiger charge is -2.10. The number of rotatable bonds is 3. The summed E-state index contributed by atoms with van der Waals surface area (Å²) in [6, 6.07) is 4.94. The minimum absolute atomic E-state index is 0.0702. The molecule has 2 aromatic rings. The average molecular weight is 282 g/mol. The number of carbonyl (C=O) groups excluding carboxylic acids is 1. The quantitative estimate of drug-likeness (QED) is 0.811. The first-order valence-corrected chi connectivity index (χ1v) is 5.55. The Labute approximate surface area is 111 Å². The largest absolute Gasteiger partial charge is 0.423 e. The van der Waals surface area contributed by atoms with E-state index in [9.17, 15) is 18.0 Å². The fraction of sp³-hybridized carbons (Fsp3) is 0.154. The average Bonchev–Trinajstić information content (AvgIpc) is 2.88. The Kier molecular flexibility index (Phi) is 3.69. The molecule has 1 aromatic heterocycles. The molecule has 7 heteroatoms. The number of nitrogens with zero attached hydrogens (tertiary/aromatic N) is 2. The molecule has 0 bridgehead atoms. The molecule has 4 nitrogen and oxygen atoms in total. The molecule has 0 aliphatic heterocycles. The van der Waals surface area contributed by atoms with Gasteiger partial charge in [0, 0.05) is 0 Å². The summed E-state index contributed by atoms with van der Waals surface area (Å²) in [5.74, 6) is -0.583. The molecular weight excluding hydrogens is 273 g/mol. The summed E-state index contributed by atoms with van der Waals surface area (Å²) < 4.78 is 43.5. The van der Waals surface area contributed by atoms with Crippen LogP contribution < -0.4 is 0 Å². The van der Waals surface area contributed by atoms with E-state index in [-0.39, 0.29) is 17.0 Å². The molecule has 0 aliphatic carbocycles. The van der Waals surface area contributed by atoms with Crippen molar-refractivity contribution in [3.8, 4) is 0 Å². The van der Waals surface area contributed by atoms with E-state index >= 15 is 0 Å². The van der Waals surface area contributed by atoms with Crippen LogP contribution in [0.25, 0.3) is 11.6 Å². The number of alkyl halides is 3. The normalized spacial score (nSPS) is 12.5. The fourth-order valence-electron chi connectivity index (χ4n) is 1.64. The van der Waals surface area contributed by atoms with Crippen molar-refractivity contribution in [2.24, 2.45) is 0 Å². The molecule has 20 heavy (non-hydrogen) atoms. The monoisotopic (exact) mass is 282 g/mol. The van der Waals surface area contributed by atoms with Gasteiger partial charge in [-0.3, -0.25) is 4.79 Å². The van der Waals surface area contributed by atoms with Crippen molar-refractivity contribution >= 4 is 17.4 Å². The van der Waals surface area contributed by atoms with Crippen molar-refractivity contribution < 1.29 is 22.4 Å². The van der Waals surface area contributed by atoms with E-state index in [4.69, 9.17) is 4.42 Å². The Morgan fingerprint density at radius 3 is 2.55 bits per heavy atom. The molecule has 1 heterocycles. The summed E-state index contributed by atoms with van der Waals surface area (Å²) in [6.07, 6.45) is -2.41. The first-order valence-electron chi connectivity index (χ1n) is 5.55. The molecular formula is C13H9F3N2O2. The number of ketones is 1. The highest BCUT2D eigenvalue weighted by molar-refractivity contribution is 6.23. The van der Waals surface area contributed by atoms with Gasteiger partial charge >= 0.3 is 6.18 Å². The lowest BCUT2D eigenvalue weighted by Crippen LogP contribution is -2.07. The van der Waals surface area contributed by atoms with Gasteiger partial charge in [-0.2, -0.15) is 13.2 Å². The summed E-state index contributed by atoms with van der Waals surface area (Å²) in [4.78, 5) is 11.5. The Balaban J connectivity index is 2.56. The molecule has 0 atom stereocenters. The molecule has 0 aliphatic rings. The van der Waals surface area contributed by atoms with Crippen molar-refractivity contribution in [2.45, 2.75) is 13.1 Å². The van der Waals surface area contributed by atoms with Crippen molar-refractivity contribution in [2.75, 3.05) is 0 Å². The zero-order chi connectivity index (χ0) is 14.8. The van der Waals surface area contributed by atoms with Gasteiger partial charge in [0.1, 0.15) is 0 Å². The number of hydrogen-bond acceptors (Lipinski definition) is 4. The SMILES string of the molecule is CC(=O)C(=Cc1ccccc1C(F)(F)F)c1nnco1. The number of halogens is 3. The second-order valence-corrected chi connectivity index (χ2v) is 3.94. The minimum Gasteiger partial charge on any atom is -0.423 e. The summed E-state index contributed by atoms with van der Waals surface area (Å²) in [5, 5.41) is 6.95. The van der Waals surface area contributed by atoms with Crippen molar-refractivity contribution in [1.82, 2.24) is 10.2 Å². The minimum atomic E-state index is -4.51. The van der Waals surface area contributed by atoms with E-state index in [1.807, 2.05) is 0 Å². The Hall–Kier alpha value is -2.44.